The molecule has 2 N–H and O–H groups in total. The number of ether oxygens (including phenoxy) is 1. The molecule has 8 heteroatoms. The van der Waals surface area contributed by atoms with Gasteiger partial charge in [-0.3, -0.25) is 9.52 Å². The number of thioether (sulfide) groups is 1. The summed E-state index contributed by atoms with van der Waals surface area (Å²) in [6.07, 6.45) is 1.87. The highest BCUT2D eigenvalue weighted by molar-refractivity contribution is 7.99. The smallest absolute Gasteiger partial charge is 0.262 e. The summed E-state index contributed by atoms with van der Waals surface area (Å²) in [5, 5.41) is 2.72. The van der Waals surface area contributed by atoms with Gasteiger partial charge in [0.1, 0.15) is 5.75 Å². The average Bonchev–Trinajstić information content (AvgIpc) is 2.74. The minimum atomic E-state index is -3.86. The number of hydrogen-bond donors (Lipinski definition) is 2. The molecule has 3 aromatic rings. The number of methoxy groups -OCH3 is 1. The maximum absolute atomic E-state index is 12.9. The molecule has 0 unspecified atom stereocenters. The van der Waals surface area contributed by atoms with E-state index in [0.717, 1.165) is 4.90 Å². The van der Waals surface area contributed by atoms with Gasteiger partial charge in [-0.05, 0) is 48.7 Å². The van der Waals surface area contributed by atoms with Crippen LogP contribution >= 0.6 is 11.8 Å². The molecule has 3 aromatic carbocycles. The second-order valence-electron chi connectivity index (χ2n) is 5.99. The molecule has 0 radical (unpaired) electrons. The topological polar surface area (TPSA) is 84.5 Å². The van der Waals surface area contributed by atoms with E-state index in [1.807, 2.05) is 24.5 Å². The zero-order valence-electron chi connectivity index (χ0n) is 15.9. The summed E-state index contributed by atoms with van der Waals surface area (Å²) in [5.41, 5.74) is 1.21. The van der Waals surface area contributed by atoms with Crippen LogP contribution in [-0.2, 0) is 10.0 Å². The molecule has 1 amide bonds. The molecule has 3 rings (SSSR count). The van der Waals surface area contributed by atoms with E-state index in [1.165, 1.54) is 37.1 Å². The first kappa shape index (κ1) is 20.8. The van der Waals surface area contributed by atoms with Gasteiger partial charge in [0.2, 0.25) is 0 Å². The van der Waals surface area contributed by atoms with Crippen molar-refractivity contribution in [3.63, 3.8) is 0 Å². The highest BCUT2D eigenvalue weighted by Crippen LogP contribution is 2.31. The van der Waals surface area contributed by atoms with Crippen LogP contribution in [0.3, 0.4) is 0 Å². The molecule has 150 valence electrons. The van der Waals surface area contributed by atoms with E-state index in [2.05, 4.69) is 10.0 Å². The van der Waals surface area contributed by atoms with E-state index in [1.54, 1.807) is 36.4 Å². The van der Waals surface area contributed by atoms with E-state index in [0.29, 0.717) is 17.0 Å². The fourth-order valence-corrected chi connectivity index (χ4v) is 4.39. The van der Waals surface area contributed by atoms with Crippen molar-refractivity contribution in [2.24, 2.45) is 0 Å². The Morgan fingerprint density at radius 2 is 1.62 bits per heavy atom. The molecule has 0 spiro atoms. The summed E-state index contributed by atoms with van der Waals surface area (Å²) >= 11 is 1.44. The molecule has 0 saturated carbocycles. The molecule has 0 aliphatic heterocycles. The van der Waals surface area contributed by atoms with Gasteiger partial charge in [-0.1, -0.05) is 30.3 Å². The molecule has 6 nitrogen and oxygen atoms in total. The number of sulfonamides is 1. The lowest BCUT2D eigenvalue weighted by Crippen LogP contribution is -2.16. The summed E-state index contributed by atoms with van der Waals surface area (Å²) in [4.78, 5) is 13.3. The predicted octanol–water partition coefficient (Wildman–Crippen LogP) is 4.47. The quantitative estimate of drug-likeness (QED) is 0.543. The van der Waals surface area contributed by atoms with Crippen molar-refractivity contribution in [2.75, 3.05) is 23.4 Å². The van der Waals surface area contributed by atoms with Crippen molar-refractivity contribution in [2.45, 2.75) is 9.79 Å². The average molecular weight is 429 g/mol. The number of hydrogen-bond acceptors (Lipinski definition) is 5. The van der Waals surface area contributed by atoms with E-state index >= 15 is 0 Å². The van der Waals surface area contributed by atoms with Crippen molar-refractivity contribution in [3.8, 4) is 5.75 Å². The SMILES string of the molecule is COc1ccc(S(=O)(=O)Nc2ccccc2SC)cc1NC(=O)c1ccccc1. The number of rotatable bonds is 7. The zero-order valence-corrected chi connectivity index (χ0v) is 17.5. The second kappa shape index (κ2) is 9.02. The highest BCUT2D eigenvalue weighted by atomic mass is 32.2. The van der Waals surface area contributed by atoms with Gasteiger partial charge in [0.15, 0.2) is 0 Å². The molecule has 0 aromatic heterocycles. The minimum absolute atomic E-state index is 0.0116. The zero-order chi connectivity index (χ0) is 20.9. The van der Waals surface area contributed by atoms with Gasteiger partial charge < -0.3 is 10.1 Å². The second-order valence-corrected chi connectivity index (χ2v) is 8.52. The monoisotopic (exact) mass is 428 g/mol. The summed E-state index contributed by atoms with van der Waals surface area (Å²) in [6, 6.07) is 20.1. The van der Waals surface area contributed by atoms with Crippen LogP contribution in [0.5, 0.6) is 5.75 Å². The van der Waals surface area contributed by atoms with Gasteiger partial charge in [-0.15, -0.1) is 11.8 Å². The Hall–Kier alpha value is -2.97. The Morgan fingerprint density at radius 3 is 2.31 bits per heavy atom. The number of benzene rings is 3. The van der Waals surface area contributed by atoms with Crippen molar-refractivity contribution < 1.29 is 17.9 Å². The third-order valence-electron chi connectivity index (χ3n) is 4.12. The molecular formula is C21H20N2O4S2. The fourth-order valence-electron chi connectivity index (χ4n) is 2.67. The van der Waals surface area contributed by atoms with Crippen molar-refractivity contribution in [3.05, 3.63) is 78.4 Å². The lowest BCUT2D eigenvalue weighted by atomic mass is 10.2. The van der Waals surface area contributed by atoms with Gasteiger partial charge in [-0.25, -0.2) is 8.42 Å². The number of nitrogens with one attached hydrogen (secondary N) is 2. The molecule has 0 aliphatic rings. The minimum Gasteiger partial charge on any atom is -0.495 e. The molecule has 0 atom stereocenters. The van der Waals surface area contributed by atoms with Crippen LogP contribution < -0.4 is 14.8 Å². The van der Waals surface area contributed by atoms with Crippen LogP contribution in [0.1, 0.15) is 10.4 Å². The lowest BCUT2D eigenvalue weighted by Gasteiger charge is -2.14. The standard InChI is InChI=1S/C21H20N2O4S2/c1-27-19-13-12-16(14-18(19)22-21(24)15-8-4-3-5-9-15)29(25,26)23-17-10-6-7-11-20(17)28-2/h3-14,23H,1-2H3,(H,22,24). The summed E-state index contributed by atoms with van der Waals surface area (Å²) in [5.74, 6) is -0.00289. The van der Waals surface area contributed by atoms with Crippen LogP contribution in [0.4, 0.5) is 11.4 Å². The third-order valence-corrected chi connectivity index (χ3v) is 6.28. The van der Waals surface area contributed by atoms with Crippen LogP contribution in [0.25, 0.3) is 0 Å². The Morgan fingerprint density at radius 1 is 0.931 bits per heavy atom. The summed E-state index contributed by atoms with van der Waals surface area (Å²) < 4.78 is 33.7. The van der Waals surface area contributed by atoms with Crippen molar-refractivity contribution >= 4 is 39.1 Å². The molecule has 0 bridgehead atoms. The Bertz CT molecular complexity index is 1120. The first-order valence-corrected chi connectivity index (χ1v) is 11.4. The summed E-state index contributed by atoms with van der Waals surface area (Å²) in [7, 11) is -2.41. The highest BCUT2D eigenvalue weighted by Gasteiger charge is 2.19. The van der Waals surface area contributed by atoms with Crippen LogP contribution in [0, 0.1) is 0 Å². The first-order valence-electron chi connectivity index (χ1n) is 8.65. The number of amides is 1. The number of carbonyl (C=O) groups excluding carboxylic acids is 1. The van der Waals surface area contributed by atoms with Crippen molar-refractivity contribution in [1.29, 1.82) is 0 Å². The Balaban J connectivity index is 1.92. The van der Waals surface area contributed by atoms with E-state index in [-0.39, 0.29) is 16.5 Å². The number of carbonyl (C=O) groups is 1. The molecular weight excluding hydrogens is 408 g/mol. The largest absolute Gasteiger partial charge is 0.495 e. The number of anilines is 2. The predicted molar refractivity (Wildman–Crippen MR) is 116 cm³/mol. The number of para-hydroxylation sites is 1. The van der Waals surface area contributed by atoms with Crippen molar-refractivity contribution in [1.82, 2.24) is 0 Å². The van der Waals surface area contributed by atoms with E-state index in [9.17, 15) is 13.2 Å². The maximum Gasteiger partial charge on any atom is 0.262 e. The third kappa shape index (κ3) is 4.90. The normalized spacial score (nSPS) is 11.0. The van der Waals surface area contributed by atoms with Crippen LogP contribution in [-0.4, -0.2) is 27.7 Å². The van der Waals surface area contributed by atoms with Gasteiger partial charge >= 0.3 is 0 Å². The molecule has 29 heavy (non-hydrogen) atoms. The summed E-state index contributed by atoms with van der Waals surface area (Å²) in [6.45, 7) is 0. The fraction of sp³-hybridized carbons (Fsp3) is 0.0952. The lowest BCUT2D eigenvalue weighted by molar-refractivity contribution is 0.102. The van der Waals surface area contributed by atoms with Gasteiger partial charge in [-0.2, -0.15) is 0 Å². The molecule has 0 saturated heterocycles. The molecule has 0 fully saturated rings. The van der Waals surface area contributed by atoms with Gasteiger partial charge in [0, 0.05) is 10.5 Å². The Labute approximate surface area is 174 Å². The van der Waals surface area contributed by atoms with Crippen LogP contribution in [0.15, 0.2) is 82.6 Å². The van der Waals surface area contributed by atoms with E-state index < -0.39 is 10.0 Å². The van der Waals surface area contributed by atoms with Crippen LogP contribution in [0.2, 0.25) is 0 Å². The van der Waals surface area contributed by atoms with E-state index in [4.69, 9.17) is 4.74 Å². The first-order chi connectivity index (χ1) is 13.9. The maximum atomic E-state index is 12.9. The van der Waals surface area contributed by atoms with Gasteiger partial charge in [0.25, 0.3) is 15.9 Å². The molecule has 0 aliphatic carbocycles. The van der Waals surface area contributed by atoms with Gasteiger partial charge in [0.05, 0.1) is 23.4 Å². The molecule has 0 heterocycles. The Kier molecular flexibility index (Phi) is 6.46.